The molecule has 3 nitrogen and oxygen atoms in total. The second-order valence-corrected chi connectivity index (χ2v) is 6.03. The molecule has 96 valence electrons. The van der Waals surface area contributed by atoms with E-state index >= 15 is 0 Å². The maximum Gasteiger partial charge on any atom is 0.245 e. The van der Waals surface area contributed by atoms with Crippen LogP contribution in [0.15, 0.2) is 30.3 Å². The van der Waals surface area contributed by atoms with Crippen molar-refractivity contribution in [2.45, 2.75) is 24.9 Å². The minimum absolute atomic E-state index is 0.141. The zero-order chi connectivity index (χ0) is 12.4. The molecule has 1 N–H and O–H groups in total. The summed E-state index contributed by atoms with van der Waals surface area (Å²) in [5.41, 5.74) is 1.08. The van der Waals surface area contributed by atoms with Crippen LogP contribution in [0.2, 0.25) is 0 Å². The van der Waals surface area contributed by atoms with Crippen LogP contribution in [-0.2, 0) is 4.79 Å². The number of nitrogens with zero attached hydrogens (tertiary/aromatic N) is 1. The monoisotopic (exact) mass is 262 g/mol. The Hall–Kier alpha value is -1.00. The number of benzene rings is 1. The lowest BCUT2D eigenvalue weighted by atomic mass is 10.1. The van der Waals surface area contributed by atoms with Gasteiger partial charge in [-0.2, -0.15) is 11.8 Å². The number of hydrogen-bond donors (Lipinski definition) is 1. The molecule has 3 rings (SSSR count). The van der Waals surface area contributed by atoms with E-state index in [1.807, 2.05) is 47.0 Å². The third kappa shape index (κ3) is 2.27. The van der Waals surface area contributed by atoms with Crippen molar-refractivity contribution < 1.29 is 4.79 Å². The number of carbonyl (C=O) groups is 1. The highest BCUT2D eigenvalue weighted by Crippen LogP contribution is 2.27. The molecule has 1 amide bonds. The average Bonchev–Trinajstić information content (AvgIpc) is 2.83. The summed E-state index contributed by atoms with van der Waals surface area (Å²) < 4.78 is 0. The Kier molecular flexibility index (Phi) is 3.57. The van der Waals surface area contributed by atoms with Crippen molar-refractivity contribution in [1.82, 2.24) is 10.2 Å². The summed E-state index contributed by atoms with van der Waals surface area (Å²) in [4.78, 5) is 14.5. The van der Waals surface area contributed by atoms with Crippen LogP contribution < -0.4 is 5.32 Å². The van der Waals surface area contributed by atoms with Crippen LogP contribution in [0, 0.1) is 0 Å². The van der Waals surface area contributed by atoms with Gasteiger partial charge in [-0.1, -0.05) is 30.3 Å². The molecule has 0 aromatic heterocycles. The molecule has 2 saturated heterocycles. The van der Waals surface area contributed by atoms with E-state index in [1.54, 1.807) is 0 Å². The van der Waals surface area contributed by atoms with Gasteiger partial charge in [0.1, 0.15) is 6.04 Å². The fraction of sp³-hybridized carbons (Fsp3) is 0.500. The maximum atomic E-state index is 12.5. The number of thioether (sulfide) groups is 1. The van der Waals surface area contributed by atoms with Crippen molar-refractivity contribution in [3.63, 3.8) is 0 Å². The van der Waals surface area contributed by atoms with Gasteiger partial charge in [0.25, 0.3) is 0 Å². The lowest BCUT2D eigenvalue weighted by Crippen LogP contribution is -2.40. The molecule has 1 aromatic carbocycles. The van der Waals surface area contributed by atoms with Gasteiger partial charge in [0.2, 0.25) is 5.91 Å². The largest absolute Gasteiger partial charge is 0.324 e. The van der Waals surface area contributed by atoms with Crippen molar-refractivity contribution in [2.24, 2.45) is 0 Å². The predicted molar refractivity (Wildman–Crippen MR) is 74.4 cm³/mol. The molecule has 0 aliphatic carbocycles. The Morgan fingerprint density at radius 1 is 1.28 bits per heavy atom. The van der Waals surface area contributed by atoms with Gasteiger partial charge >= 0.3 is 0 Å². The number of rotatable bonds is 2. The molecule has 0 bridgehead atoms. The molecule has 2 unspecified atom stereocenters. The summed E-state index contributed by atoms with van der Waals surface area (Å²) in [7, 11) is 0. The zero-order valence-corrected chi connectivity index (χ0v) is 11.2. The molecular weight excluding hydrogens is 244 g/mol. The Balaban J connectivity index is 1.72. The molecule has 2 heterocycles. The molecular formula is C14H18N2OS. The van der Waals surface area contributed by atoms with Crippen molar-refractivity contribution in [2.75, 3.05) is 18.2 Å². The summed E-state index contributed by atoms with van der Waals surface area (Å²) in [6, 6.07) is 10.3. The molecule has 2 fully saturated rings. The third-order valence-corrected chi connectivity index (χ3v) is 4.90. The minimum Gasteiger partial charge on any atom is -0.324 e. The number of nitrogens with one attached hydrogen (secondary N) is 1. The van der Waals surface area contributed by atoms with Crippen LogP contribution in [-0.4, -0.2) is 35.0 Å². The topological polar surface area (TPSA) is 32.3 Å². The molecule has 0 spiro atoms. The van der Waals surface area contributed by atoms with E-state index in [0.29, 0.717) is 12.7 Å². The number of carbonyl (C=O) groups excluding carboxylic acids is 1. The molecule has 1 aromatic rings. The Bertz CT molecular complexity index is 417. The molecule has 2 aliphatic rings. The standard InChI is InChI=1S/C14H18N2OS/c17-14-13(11-5-2-1-3-6-11)15-10-16(14)12-7-4-8-18-9-12/h1-3,5-6,12-13,15H,4,7-10H2. The van der Waals surface area contributed by atoms with E-state index in [1.165, 1.54) is 12.2 Å². The summed E-state index contributed by atoms with van der Waals surface area (Å²) in [5, 5.41) is 3.34. The van der Waals surface area contributed by atoms with E-state index in [2.05, 4.69) is 5.32 Å². The fourth-order valence-electron chi connectivity index (χ4n) is 2.71. The SMILES string of the molecule is O=C1C(c2ccccc2)NCN1C1CCCSC1. The minimum atomic E-state index is -0.141. The van der Waals surface area contributed by atoms with Crippen LogP contribution in [0.5, 0.6) is 0 Å². The first-order valence-corrected chi connectivity index (χ1v) is 7.68. The van der Waals surface area contributed by atoms with Crippen molar-refractivity contribution >= 4 is 17.7 Å². The molecule has 2 atom stereocenters. The van der Waals surface area contributed by atoms with Crippen molar-refractivity contribution in [1.29, 1.82) is 0 Å². The van der Waals surface area contributed by atoms with E-state index < -0.39 is 0 Å². The number of hydrogen-bond acceptors (Lipinski definition) is 3. The summed E-state index contributed by atoms with van der Waals surface area (Å²) in [6.07, 6.45) is 2.39. The van der Waals surface area contributed by atoms with E-state index in [4.69, 9.17) is 0 Å². The maximum absolute atomic E-state index is 12.5. The smallest absolute Gasteiger partial charge is 0.245 e. The van der Waals surface area contributed by atoms with Gasteiger partial charge in [0.15, 0.2) is 0 Å². The zero-order valence-electron chi connectivity index (χ0n) is 10.3. The van der Waals surface area contributed by atoms with Crippen molar-refractivity contribution in [3.05, 3.63) is 35.9 Å². The summed E-state index contributed by atoms with van der Waals surface area (Å²) in [6.45, 7) is 0.698. The third-order valence-electron chi connectivity index (χ3n) is 3.71. The lowest BCUT2D eigenvalue weighted by molar-refractivity contribution is -0.130. The van der Waals surface area contributed by atoms with Gasteiger partial charge in [0, 0.05) is 11.8 Å². The highest BCUT2D eigenvalue weighted by molar-refractivity contribution is 7.99. The molecule has 2 aliphatic heterocycles. The normalized spacial score (nSPS) is 28.7. The van der Waals surface area contributed by atoms with Gasteiger partial charge in [-0.05, 0) is 24.2 Å². The summed E-state index contributed by atoms with van der Waals surface area (Å²) >= 11 is 1.97. The Morgan fingerprint density at radius 2 is 2.11 bits per heavy atom. The first-order chi connectivity index (χ1) is 8.86. The van der Waals surface area contributed by atoms with Gasteiger partial charge in [-0.3, -0.25) is 10.1 Å². The molecule has 18 heavy (non-hydrogen) atoms. The molecule has 0 radical (unpaired) electrons. The van der Waals surface area contributed by atoms with Gasteiger partial charge in [-0.15, -0.1) is 0 Å². The molecule has 0 saturated carbocycles. The first kappa shape index (κ1) is 12.1. The van der Waals surface area contributed by atoms with Crippen molar-refractivity contribution in [3.8, 4) is 0 Å². The number of amides is 1. The van der Waals surface area contributed by atoms with Gasteiger partial charge in [0.05, 0.1) is 6.67 Å². The van der Waals surface area contributed by atoms with Crippen LogP contribution in [0.4, 0.5) is 0 Å². The van der Waals surface area contributed by atoms with Crippen LogP contribution in [0.3, 0.4) is 0 Å². The quantitative estimate of drug-likeness (QED) is 0.885. The van der Waals surface area contributed by atoms with Crippen LogP contribution in [0.25, 0.3) is 0 Å². The molecule has 4 heteroatoms. The highest BCUT2D eigenvalue weighted by Gasteiger charge is 2.36. The van der Waals surface area contributed by atoms with E-state index in [-0.39, 0.29) is 11.9 Å². The lowest BCUT2D eigenvalue weighted by Gasteiger charge is -2.30. The van der Waals surface area contributed by atoms with E-state index in [0.717, 1.165) is 17.7 Å². The second kappa shape index (κ2) is 5.33. The highest BCUT2D eigenvalue weighted by atomic mass is 32.2. The van der Waals surface area contributed by atoms with Crippen LogP contribution in [0.1, 0.15) is 24.4 Å². The predicted octanol–water partition coefficient (Wildman–Crippen LogP) is 2.01. The van der Waals surface area contributed by atoms with E-state index in [9.17, 15) is 4.79 Å². The Morgan fingerprint density at radius 3 is 2.83 bits per heavy atom. The Labute approximate surface area is 112 Å². The average molecular weight is 262 g/mol. The van der Waals surface area contributed by atoms with Gasteiger partial charge < -0.3 is 4.90 Å². The van der Waals surface area contributed by atoms with Crippen LogP contribution >= 0.6 is 11.8 Å². The first-order valence-electron chi connectivity index (χ1n) is 6.53. The fourth-order valence-corrected chi connectivity index (χ4v) is 3.86. The van der Waals surface area contributed by atoms with Gasteiger partial charge in [-0.25, -0.2) is 0 Å². The second-order valence-electron chi connectivity index (χ2n) is 4.88. The summed E-state index contributed by atoms with van der Waals surface area (Å²) in [5.74, 6) is 2.58.